The third kappa shape index (κ3) is 3.30. The number of aromatic nitrogens is 4. The number of imidazole rings is 1. The Bertz CT molecular complexity index is 1090. The fourth-order valence-corrected chi connectivity index (χ4v) is 3.57. The van der Waals surface area contributed by atoms with Crippen molar-refractivity contribution >= 4 is 22.9 Å². The molecule has 0 atom stereocenters. The summed E-state index contributed by atoms with van der Waals surface area (Å²) in [5.74, 6) is -0.524. The van der Waals surface area contributed by atoms with Crippen LogP contribution in [0.5, 0.6) is 0 Å². The van der Waals surface area contributed by atoms with Crippen LogP contribution in [0.3, 0.4) is 0 Å². The van der Waals surface area contributed by atoms with E-state index in [0.29, 0.717) is 26.2 Å². The molecular formula is C19H21N5O4. The average molecular weight is 383 g/mol. The fourth-order valence-electron chi connectivity index (χ4n) is 3.57. The van der Waals surface area contributed by atoms with Crippen molar-refractivity contribution in [3.8, 4) is 0 Å². The Morgan fingerprint density at radius 2 is 2.07 bits per heavy atom. The Hall–Kier alpha value is -3.36. The van der Waals surface area contributed by atoms with E-state index >= 15 is 0 Å². The quantitative estimate of drug-likeness (QED) is 0.681. The van der Waals surface area contributed by atoms with E-state index in [1.54, 1.807) is 20.2 Å². The van der Waals surface area contributed by atoms with Crippen molar-refractivity contribution in [2.24, 2.45) is 0 Å². The van der Waals surface area contributed by atoms with E-state index in [1.807, 2.05) is 24.3 Å². The first-order valence-electron chi connectivity index (χ1n) is 9.17. The Labute approximate surface area is 160 Å². The van der Waals surface area contributed by atoms with Gasteiger partial charge in [-0.1, -0.05) is 12.1 Å². The molecule has 3 heterocycles. The van der Waals surface area contributed by atoms with Crippen LogP contribution in [0.1, 0.15) is 29.0 Å². The summed E-state index contributed by atoms with van der Waals surface area (Å²) in [4.78, 5) is 41.2. The molecule has 0 bridgehead atoms. The number of para-hydroxylation sites is 2. The Balaban J connectivity index is 1.47. The lowest BCUT2D eigenvalue weighted by Gasteiger charge is -2.20. The van der Waals surface area contributed by atoms with Crippen LogP contribution in [-0.4, -0.2) is 49.8 Å². The SMILES string of the molecule is COC(=O)c1cc2n(n1)CCCN(C(=O)CCn1c(=O)[nH]c3ccccc31)C2. The number of esters is 1. The van der Waals surface area contributed by atoms with Crippen LogP contribution >= 0.6 is 0 Å². The van der Waals surface area contributed by atoms with Crippen molar-refractivity contribution in [3.63, 3.8) is 0 Å². The van der Waals surface area contributed by atoms with Gasteiger partial charge >= 0.3 is 11.7 Å². The molecule has 9 nitrogen and oxygen atoms in total. The zero-order chi connectivity index (χ0) is 19.7. The molecule has 1 aromatic carbocycles. The minimum absolute atomic E-state index is 0.0357. The number of carbonyl (C=O) groups is 2. The van der Waals surface area contributed by atoms with Gasteiger partial charge in [-0.2, -0.15) is 5.10 Å². The summed E-state index contributed by atoms with van der Waals surface area (Å²) >= 11 is 0. The normalized spacial score (nSPS) is 14.0. The highest BCUT2D eigenvalue weighted by Crippen LogP contribution is 2.16. The molecule has 0 spiro atoms. The third-order valence-corrected chi connectivity index (χ3v) is 4.99. The van der Waals surface area contributed by atoms with Crippen molar-refractivity contribution < 1.29 is 14.3 Å². The van der Waals surface area contributed by atoms with Gasteiger partial charge in [-0.15, -0.1) is 0 Å². The monoisotopic (exact) mass is 383 g/mol. The molecule has 1 amide bonds. The Morgan fingerprint density at radius 3 is 2.89 bits per heavy atom. The maximum absolute atomic E-state index is 12.8. The van der Waals surface area contributed by atoms with E-state index in [4.69, 9.17) is 4.74 Å². The van der Waals surface area contributed by atoms with Crippen LogP contribution in [0, 0.1) is 0 Å². The van der Waals surface area contributed by atoms with E-state index < -0.39 is 5.97 Å². The van der Waals surface area contributed by atoms with Crippen LogP contribution in [0.15, 0.2) is 35.1 Å². The number of benzene rings is 1. The molecule has 0 fully saturated rings. The molecule has 4 rings (SSSR count). The first-order chi connectivity index (χ1) is 13.6. The molecule has 0 saturated carbocycles. The summed E-state index contributed by atoms with van der Waals surface area (Å²) in [7, 11) is 1.31. The molecule has 1 aliphatic heterocycles. The summed E-state index contributed by atoms with van der Waals surface area (Å²) in [6, 6.07) is 9.08. The van der Waals surface area contributed by atoms with E-state index in [1.165, 1.54) is 7.11 Å². The van der Waals surface area contributed by atoms with Crippen LogP contribution in [0.4, 0.5) is 0 Å². The second-order valence-corrected chi connectivity index (χ2v) is 6.75. The highest BCUT2D eigenvalue weighted by atomic mass is 16.5. The van der Waals surface area contributed by atoms with E-state index in [0.717, 1.165) is 23.1 Å². The number of hydrogen-bond acceptors (Lipinski definition) is 5. The Kier molecular flexibility index (Phi) is 4.72. The maximum atomic E-state index is 12.8. The smallest absolute Gasteiger partial charge is 0.358 e. The van der Waals surface area contributed by atoms with E-state index in [2.05, 4.69) is 10.1 Å². The predicted octanol–water partition coefficient (Wildman–Crippen LogP) is 1.14. The molecule has 28 heavy (non-hydrogen) atoms. The first-order valence-corrected chi connectivity index (χ1v) is 9.17. The maximum Gasteiger partial charge on any atom is 0.358 e. The highest BCUT2D eigenvalue weighted by molar-refractivity contribution is 5.87. The summed E-state index contributed by atoms with van der Waals surface area (Å²) in [5, 5.41) is 4.26. The van der Waals surface area contributed by atoms with Gasteiger partial charge in [0.1, 0.15) is 0 Å². The number of hydrogen-bond donors (Lipinski definition) is 1. The second-order valence-electron chi connectivity index (χ2n) is 6.75. The molecule has 1 N–H and O–H groups in total. The zero-order valence-corrected chi connectivity index (χ0v) is 15.6. The van der Waals surface area contributed by atoms with Gasteiger partial charge in [0.15, 0.2) is 5.69 Å². The largest absolute Gasteiger partial charge is 0.464 e. The van der Waals surface area contributed by atoms with Gasteiger partial charge in [0.25, 0.3) is 0 Å². The van der Waals surface area contributed by atoms with Crippen molar-refractivity contribution in [1.29, 1.82) is 0 Å². The van der Waals surface area contributed by atoms with Gasteiger partial charge in [0, 0.05) is 26.1 Å². The highest BCUT2D eigenvalue weighted by Gasteiger charge is 2.22. The van der Waals surface area contributed by atoms with Crippen LogP contribution in [-0.2, 0) is 29.2 Å². The molecule has 146 valence electrons. The standard InChI is InChI=1S/C19H21N5O4/c1-28-18(26)15-11-13-12-22(8-4-9-24(13)21-15)17(25)7-10-23-16-6-3-2-5-14(16)20-19(23)27/h2-3,5-6,11H,4,7-10,12H2,1H3,(H,20,27). The number of H-pyrrole nitrogens is 1. The lowest BCUT2D eigenvalue weighted by molar-refractivity contribution is -0.132. The topological polar surface area (TPSA) is 102 Å². The molecule has 2 aromatic heterocycles. The number of nitrogens with zero attached hydrogens (tertiary/aromatic N) is 4. The summed E-state index contributed by atoms with van der Waals surface area (Å²) in [6.07, 6.45) is 0.966. The number of fused-ring (bicyclic) bond motifs is 2. The van der Waals surface area contributed by atoms with Gasteiger partial charge in [0.05, 0.1) is 30.4 Å². The number of amides is 1. The fraction of sp³-hybridized carbons (Fsp3) is 0.368. The number of rotatable bonds is 4. The molecule has 0 radical (unpaired) electrons. The van der Waals surface area contributed by atoms with Gasteiger partial charge in [-0.25, -0.2) is 9.59 Å². The predicted molar refractivity (Wildman–Crippen MR) is 101 cm³/mol. The molecule has 3 aromatic rings. The minimum Gasteiger partial charge on any atom is -0.464 e. The lowest BCUT2D eigenvalue weighted by atomic mass is 10.2. The molecule has 1 aliphatic rings. The second kappa shape index (κ2) is 7.34. The third-order valence-electron chi connectivity index (χ3n) is 4.99. The zero-order valence-electron chi connectivity index (χ0n) is 15.6. The summed E-state index contributed by atoms with van der Waals surface area (Å²) < 4.78 is 8.06. The number of aromatic amines is 1. The number of methoxy groups -OCH3 is 1. The number of carbonyl (C=O) groups excluding carboxylic acids is 2. The molecule has 9 heteroatoms. The van der Waals surface area contributed by atoms with Crippen LogP contribution in [0.25, 0.3) is 11.0 Å². The Morgan fingerprint density at radius 1 is 1.25 bits per heavy atom. The summed E-state index contributed by atoms with van der Waals surface area (Å²) in [5.41, 5.74) is 2.38. The molecule has 0 unspecified atom stereocenters. The van der Waals surface area contributed by atoms with E-state index in [-0.39, 0.29) is 23.7 Å². The van der Waals surface area contributed by atoms with Crippen molar-refractivity contribution in [2.75, 3.05) is 13.7 Å². The first kappa shape index (κ1) is 18.0. The number of ether oxygens (including phenoxy) is 1. The van der Waals surface area contributed by atoms with Crippen molar-refractivity contribution in [2.45, 2.75) is 32.5 Å². The number of aryl methyl sites for hydroxylation is 2. The molecular weight excluding hydrogens is 362 g/mol. The molecule has 0 saturated heterocycles. The minimum atomic E-state index is -0.489. The molecule has 0 aliphatic carbocycles. The summed E-state index contributed by atoms with van der Waals surface area (Å²) in [6.45, 7) is 1.94. The van der Waals surface area contributed by atoms with Gasteiger partial charge in [0.2, 0.25) is 5.91 Å². The van der Waals surface area contributed by atoms with Crippen molar-refractivity contribution in [1.82, 2.24) is 24.2 Å². The van der Waals surface area contributed by atoms with Gasteiger partial charge in [-0.3, -0.25) is 14.0 Å². The van der Waals surface area contributed by atoms with E-state index in [9.17, 15) is 14.4 Å². The van der Waals surface area contributed by atoms with Gasteiger partial charge < -0.3 is 14.6 Å². The van der Waals surface area contributed by atoms with Crippen molar-refractivity contribution in [3.05, 3.63) is 52.2 Å². The van der Waals surface area contributed by atoms with Crippen LogP contribution in [0.2, 0.25) is 0 Å². The van der Waals surface area contributed by atoms with Crippen LogP contribution < -0.4 is 5.69 Å². The van der Waals surface area contributed by atoms with Gasteiger partial charge in [-0.05, 0) is 24.6 Å². The number of nitrogens with one attached hydrogen (secondary N) is 1. The lowest BCUT2D eigenvalue weighted by Crippen LogP contribution is -2.32. The average Bonchev–Trinajstić information content (AvgIpc) is 3.18.